The lowest BCUT2D eigenvalue weighted by molar-refractivity contribution is 0.360. The van der Waals surface area contributed by atoms with Crippen LogP contribution in [0.5, 0.6) is 0 Å². The van der Waals surface area contributed by atoms with Crippen LogP contribution in [-0.4, -0.2) is 49.7 Å². The summed E-state index contributed by atoms with van der Waals surface area (Å²) in [5, 5.41) is 4.85. The molecule has 1 fully saturated rings. The highest BCUT2D eigenvalue weighted by Crippen LogP contribution is 2.36. The van der Waals surface area contributed by atoms with Crippen molar-refractivity contribution < 1.29 is 0 Å². The number of thiazole rings is 1. The Morgan fingerprint density at radius 3 is 3.00 bits per heavy atom. The van der Waals surface area contributed by atoms with Gasteiger partial charge in [-0.15, -0.1) is 11.3 Å². The van der Waals surface area contributed by atoms with E-state index in [2.05, 4.69) is 29.1 Å². The first-order chi connectivity index (χ1) is 9.78. The largest absolute Gasteiger partial charge is 0.347 e. The van der Waals surface area contributed by atoms with Gasteiger partial charge in [-0.1, -0.05) is 6.92 Å². The predicted molar refractivity (Wildman–Crippen MR) is 85.8 cm³/mol. The van der Waals surface area contributed by atoms with Gasteiger partial charge < -0.3 is 15.1 Å². The minimum atomic E-state index is 0.489. The number of aryl methyl sites for hydroxylation is 1. The number of hydrogen-bond donors (Lipinski definition) is 1. The summed E-state index contributed by atoms with van der Waals surface area (Å²) < 4.78 is 0. The second-order valence-corrected chi connectivity index (χ2v) is 7.01. The Labute approximate surface area is 126 Å². The van der Waals surface area contributed by atoms with Crippen molar-refractivity contribution in [2.45, 2.75) is 38.6 Å². The van der Waals surface area contributed by atoms with Crippen LogP contribution in [0.25, 0.3) is 0 Å². The van der Waals surface area contributed by atoms with E-state index in [9.17, 15) is 0 Å². The molecule has 0 amide bonds. The zero-order chi connectivity index (χ0) is 13.9. The van der Waals surface area contributed by atoms with E-state index in [1.54, 1.807) is 0 Å². The van der Waals surface area contributed by atoms with Gasteiger partial charge in [0, 0.05) is 24.5 Å². The van der Waals surface area contributed by atoms with Gasteiger partial charge in [0.2, 0.25) is 0 Å². The summed E-state index contributed by atoms with van der Waals surface area (Å²) >= 11 is 1.94. The number of fused-ring (bicyclic) bond motifs is 1. The molecule has 0 spiro atoms. The van der Waals surface area contributed by atoms with Gasteiger partial charge in [0.15, 0.2) is 5.13 Å². The van der Waals surface area contributed by atoms with Crippen LogP contribution in [0.4, 0.5) is 5.13 Å². The summed E-state index contributed by atoms with van der Waals surface area (Å²) in [4.78, 5) is 11.4. The lowest BCUT2D eigenvalue weighted by Crippen LogP contribution is -2.29. The van der Waals surface area contributed by atoms with Gasteiger partial charge in [-0.3, -0.25) is 0 Å². The maximum atomic E-state index is 5.00. The van der Waals surface area contributed by atoms with Crippen molar-refractivity contribution in [3.8, 4) is 0 Å². The lowest BCUT2D eigenvalue weighted by atomic mass is 9.98. The molecule has 1 aromatic heterocycles. The van der Waals surface area contributed by atoms with Gasteiger partial charge in [-0.2, -0.15) is 0 Å². The second kappa shape index (κ2) is 6.41. The van der Waals surface area contributed by atoms with Crippen LogP contribution in [0.2, 0.25) is 0 Å². The van der Waals surface area contributed by atoms with Crippen molar-refractivity contribution in [3.05, 3.63) is 10.6 Å². The molecule has 0 aromatic carbocycles. The van der Waals surface area contributed by atoms with E-state index in [-0.39, 0.29) is 0 Å². The van der Waals surface area contributed by atoms with Crippen molar-refractivity contribution in [2.75, 3.05) is 44.7 Å². The number of anilines is 1. The number of nitrogens with zero attached hydrogens (tertiary/aromatic N) is 3. The molecule has 4 nitrogen and oxygen atoms in total. The first kappa shape index (κ1) is 14.3. The van der Waals surface area contributed by atoms with E-state index in [4.69, 9.17) is 4.98 Å². The molecule has 2 aliphatic rings. The second-order valence-electron chi connectivity index (χ2n) is 5.95. The molecule has 0 saturated carbocycles. The molecule has 0 radical (unpaired) electrons. The van der Waals surface area contributed by atoms with E-state index < -0.39 is 0 Å². The van der Waals surface area contributed by atoms with Crippen LogP contribution in [0.15, 0.2) is 0 Å². The predicted octanol–water partition coefficient (Wildman–Crippen LogP) is 2.27. The molecule has 112 valence electrons. The number of likely N-dealkylation sites (N-methyl/N-ethyl adjacent to an activating group) is 1. The SMILES string of the molecule is CCNC1CCCc2sc(N3CCCN(C)CC3)nc21. The average molecular weight is 294 g/mol. The van der Waals surface area contributed by atoms with E-state index in [0.29, 0.717) is 6.04 Å². The quantitative estimate of drug-likeness (QED) is 0.927. The first-order valence-corrected chi connectivity index (χ1v) is 8.76. The Morgan fingerprint density at radius 2 is 2.15 bits per heavy atom. The molecule has 2 heterocycles. The fourth-order valence-corrected chi connectivity index (χ4v) is 4.44. The van der Waals surface area contributed by atoms with Crippen LogP contribution in [0.1, 0.15) is 42.8 Å². The summed E-state index contributed by atoms with van der Waals surface area (Å²) in [7, 11) is 2.22. The third-order valence-electron chi connectivity index (χ3n) is 4.38. The van der Waals surface area contributed by atoms with Gasteiger partial charge in [-0.25, -0.2) is 4.98 Å². The third kappa shape index (κ3) is 3.00. The molecule has 1 N–H and O–H groups in total. The highest BCUT2D eigenvalue weighted by Gasteiger charge is 2.26. The lowest BCUT2D eigenvalue weighted by Gasteiger charge is -2.21. The van der Waals surface area contributed by atoms with Crippen molar-refractivity contribution in [1.29, 1.82) is 0 Å². The minimum absolute atomic E-state index is 0.489. The van der Waals surface area contributed by atoms with Crippen LogP contribution in [0.3, 0.4) is 0 Å². The number of aromatic nitrogens is 1. The van der Waals surface area contributed by atoms with Crippen LogP contribution >= 0.6 is 11.3 Å². The van der Waals surface area contributed by atoms with Gasteiger partial charge in [0.05, 0.1) is 11.7 Å². The Bertz CT molecular complexity index is 445. The fraction of sp³-hybridized carbons (Fsp3) is 0.800. The summed E-state index contributed by atoms with van der Waals surface area (Å²) in [5.41, 5.74) is 1.34. The Balaban J connectivity index is 1.78. The van der Waals surface area contributed by atoms with Crippen molar-refractivity contribution in [1.82, 2.24) is 15.2 Å². The molecule has 5 heteroatoms. The van der Waals surface area contributed by atoms with E-state index in [1.165, 1.54) is 47.9 Å². The Hall–Kier alpha value is -0.650. The zero-order valence-electron chi connectivity index (χ0n) is 12.7. The molecule has 3 rings (SSSR count). The molecule has 0 bridgehead atoms. The summed E-state index contributed by atoms with van der Waals surface area (Å²) in [6.07, 6.45) is 5.02. The number of rotatable bonds is 3. The van der Waals surface area contributed by atoms with Crippen LogP contribution in [-0.2, 0) is 6.42 Å². The van der Waals surface area contributed by atoms with Gasteiger partial charge in [0.25, 0.3) is 0 Å². The first-order valence-electron chi connectivity index (χ1n) is 7.94. The molecule has 1 aromatic rings. The minimum Gasteiger partial charge on any atom is -0.347 e. The molecule has 1 atom stereocenters. The molecule has 1 aliphatic carbocycles. The maximum absolute atomic E-state index is 5.00. The Morgan fingerprint density at radius 1 is 1.25 bits per heavy atom. The zero-order valence-corrected chi connectivity index (χ0v) is 13.5. The molecular weight excluding hydrogens is 268 g/mol. The highest BCUT2D eigenvalue weighted by molar-refractivity contribution is 7.15. The van der Waals surface area contributed by atoms with Crippen molar-refractivity contribution in [3.63, 3.8) is 0 Å². The number of hydrogen-bond acceptors (Lipinski definition) is 5. The van der Waals surface area contributed by atoms with Crippen LogP contribution < -0.4 is 10.2 Å². The Kier molecular flexibility index (Phi) is 4.58. The maximum Gasteiger partial charge on any atom is 0.185 e. The third-order valence-corrected chi connectivity index (χ3v) is 5.58. The van der Waals surface area contributed by atoms with Gasteiger partial charge in [0.1, 0.15) is 0 Å². The molecule has 1 saturated heterocycles. The summed E-state index contributed by atoms with van der Waals surface area (Å²) in [6, 6.07) is 0.489. The smallest absolute Gasteiger partial charge is 0.185 e. The van der Waals surface area contributed by atoms with E-state index in [0.717, 1.165) is 26.2 Å². The summed E-state index contributed by atoms with van der Waals surface area (Å²) in [5.74, 6) is 0. The topological polar surface area (TPSA) is 31.4 Å². The van der Waals surface area contributed by atoms with Crippen LogP contribution in [0, 0.1) is 0 Å². The molecular formula is C15H26N4S. The number of nitrogens with one attached hydrogen (secondary N) is 1. The molecule has 20 heavy (non-hydrogen) atoms. The average Bonchev–Trinajstić information content (AvgIpc) is 2.76. The van der Waals surface area contributed by atoms with Gasteiger partial charge >= 0.3 is 0 Å². The molecule has 1 unspecified atom stereocenters. The van der Waals surface area contributed by atoms with E-state index in [1.807, 2.05) is 11.3 Å². The normalized spacial score (nSPS) is 24.5. The van der Waals surface area contributed by atoms with Gasteiger partial charge in [-0.05, 0) is 45.8 Å². The monoisotopic (exact) mass is 294 g/mol. The van der Waals surface area contributed by atoms with E-state index >= 15 is 0 Å². The molecule has 1 aliphatic heterocycles. The fourth-order valence-electron chi connectivity index (χ4n) is 3.22. The summed E-state index contributed by atoms with van der Waals surface area (Å²) in [6.45, 7) is 7.86. The standard InChI is InChI=1S/C15H26N4S/c1-3-16-12-6-4-7-13-14(12)17-15(20-13)19-9-5-8-18(2)10-11-19/h12,16H,3-11H2,1-2H3. The van der Waals surface area contributed by atoms with Crippen molar-refractivity contribution in [2.24, 2.45) is 0 Å². The highest BCUT2D eigenvalue weighted by atomic mass is 32.1. The van der Waals surface area contributed by atoms with Crippen molar-refractivity contribution >= 4 is 16.5 Å².